The lowest BCUT2D eigenvalue weighted by Crippen LogP contribution is -2.45. The summed E-state index contributed by atoms with van der Waals surface area (Å²) in [4.78, 5) is 12.0. The van der Waals surface area contributed by atoms with Crippen molar-refractivity contribution in [2.45, 2.75) is 37.0 Å². The van der Waals surface area contributed by atoms with Gasteiger partial charge in [0.2, 0.25) is 10.0 Å². The number of aliphatic hydroxyl groups excluding tert-OH is 1. The number of sulfonamides is 1. The van der Waals surface area contributed by atoms with Gasteiger partial charge < -0.3 is 9.84 Å². The van der Waals surface area contributed by atoms with Crippen LogP contribution in [0, 0.1) is 5.41 Å². The highest BCUT2D eigenvalue weighted by Crippen LogP contribution is 2.38. The third-order valence-electron chi connectivity index (χ3n) is 6.04. The smallest absolute Gasteiger partial charge is 0.339 e. The minimum Gasteiger partial charge on any atom is -0.465 e. The zero-order chi connectivity index (χ0) is 21.6. The Balaban J connectivity index is 1.67. The van der Waals surface area contributed by atoms with Gasteiger partial charge in [-0.3, -0.25) is 0 Å². The highest BCUT2D eigenvalue weighted by Gasteiger charge is 2.38. The first-order valence-electron chi connectivity index (χ1n) is 10.2. The summed E-state index contributed by atoms with van der Waals surface area (Å²) in [7, 11) is -2.59. The van der Waals surface area contributed by atoms with Gasteiger partial charge in [-0.2, -0.15) is 4.31 Å². The fourth-order valence-corrected chi connectivity index (χ4v) is 5.73. The average molecular weight is 432 g/mol. The predicted octanol–water partition coefficient (Wildman–Crippen LogP) is 3.26. The van der Waals surface area contributed by atoms with E-state index >= 15 is 0 Å². The molecular formula is C23H29NO5S. The van der Waals surface area contributed by atoms with Crippen molar-refractivity contribution in [3.8, 4) is 0 Å². The summed E-state index contributed by atoms with van der Waals surface area (Å²) >= 11 is 0. The molecule has 1 N–H and O–H groups in total. The first-order valence-corrected chi connectivity index (χ1v) is 11.7. The Morgan fingerprint density at radius 1 is 1.07 bits per heavy atom. The van der Waals surface area contributed by atoms with Crippen molar-refractivity contribution < 1.29 is 23.1 Å². The molecule has 0 unspecified atom stereocenters. The number of carbonyl (C=O) groups is 1. The SMILES string of the molecule is COC(=O)c1ccccc1S(=O)(=O)N1CCC(CO)(CCCc2ccccc2)CC1. The fraction of sp³-hybridized carbons (Fsp3) is 0.435. The van der Waals surface area contributed by atoms with Crippen LogP contribution < -0.4 is 0 Å². The third kappa shape index (κ3) is 4.91. The summed E-state index contributed by atoms with van der Waals surface area (Å²) in [6.45, 7) is 0.696. The molecule has 0 aliphatic carbocycles. The summed E-state index contributed by atoms with van der Waals surface area (Å²) in [5.74, 6) is -0.670. The molecule has 0 aromatic heterocycles. The minimum absolute atomic E-state index is 0.0302. The molecule has 3 rings (SSSR count). The minimum atomic E-state index is -3.82. The quantitative estimate of drug-likeness (QED) is 0.649. The van der Waals surface area contributed by atoms with Gasteiger partial charge in [0.25, 0.3) is 0 Å². The first kappa shape index (κ1) is 22.5. The Morgan fingerprint density at radius 3 is 2.33 bits per heavy atom. The van der Waals surface area contributed by atoms with E-state index in [9.17, 15) is 18.3 Å². The van der Waals surface area contributed by atoms with Gasteiger partial charge in [0.1, 0.15) is 0 Å². The molecular weight excluding hydrogens is 402 g/mol. The summed E-state index contributed by atoms with van der Waals surface area (Å²) in [5, 5.41) is 10.1. The standard InChI is InChI=1S/C23H29NO5S/c1-29-22(26)20-11-5-6-12-21(20)30(27,28)24-16-14-23(18-25,15-17-24)13-7-10-19-8-3-2-4-9-19/h2-6,8-9,11-12,25H,7,10,13-18H2,1H3. The second-order valence-corrected chi connectivity index (χ2v) is 9.80. The molecule has 30 heavy (non-hydrogen) atoms. The lowest BCUT2D eigenvalue weighted by Gasteiger charge is -2.40. The third-order valence-corrected chi connectivity index (χ3v) is 8.00. The number of esters is 1. The molecule has 2 aromatic carbocycles. The van der Waals surface area contributed by atoms with Crippen LogP contribution in [0.5, 0.6) is 0 Å². The fourth-order valence-electron chi connectivity index (χ4n) is 4.11. The zero-order valence-electron chi connectivity index (χ0n) is 17.3. The number of aryl methyl sites for hydroxylation is 1. The van der Waals surface area contributed by atoms with E-state index in [-0.39, 0.29) is 22.5 Å². The van der Waals surface area contributed by atoms with Crippen molar-refractivity contribution in [2.75, 3.05) is 26.8 Å². The van der Waals surface area contributed by atoms with E-state index in [0.717, 1.165) is 19.3 Å². The number of carbonyl (C=O) groups excluding carboxylic acids is 1. The number of benzene rings is 2. The van der Waals surface area contributed by atoms with Gasteiger partial charge in [0.05, 0.1) is 17.6 Å². The molecule has 1 aliphatic rings. The van der Waals surface area contributed by atoms with E-state index in [1.54, 1.807) is 12.1 Å². The molecule has 0 radical (unpaired) electrons. The predicted molar refractivity (Wildman–Crippen MR) is 115 cm³/mol. The maximum absolute atomic E-state index is 13.2. The molecule has 0 amide bonds. The van der Waals surface area contributed by atoms with Gasteiger partial charge in [-0.15, -0.1) is 0 Å². The molecule has 162 valence electrons. The summed E-state index contributed by atoms with van der Waals surface area (Å²) in [6.07, 6.45) is 3.93. The topological polar surface area (TPSA) is 83.9 Å². The number of methoxy groups -OCH3 is 1. The van der Waals surface area contributed by atoms with Crippen LogP contribution in [0.3, 0.4) is 0 Å². The van der Waals surface area contributed by atoms with Crippen molar-refractivity contribution >= 4 is 16.0 Å². The van der Waals surface area contributed by atoms with Gasteiger partial charge >= 0.3 is 5.97 Å². The zero-order valence-corrected chi connectivity index (χ0v) is 18.1. The van der Waals surface area contributed by atoms with Crippen molar-refractivity contribution in [2.24, 2.45) is 5.41 Å². The molecule has 0 atom stereocenters. The van der Waals surface area contributed by atoms with Crippen LogP contribution in [-0.4, -0.2) is 50.6 Å². The van der Waals surface area contributed by atoms with Gasteiger partial charge in [-0.1, -0.05) is 42.5 Å². The van der Waals surface area contributed by atoms with Gasteiger partial charge in [-0.25, -0.2) is 13.2 Å². The largest absolute Gasteiger partial charge is 0.465 e. The number of hydrogen-bond donors (Lipinski definition) is 1. The number of piperidine rings is 1. The highest BCUT2D eigenvalue weighted by atomic mass is 32.2. The van der Waals surface area contributed by atoms with E-state index in [4.69, 9.17) is 4.74 Å². The number of aliphatic hydroxyl groups is 1. The lowest BCUT2D eigenvalue weighted by molar-refractivity contribution is 0.0577. The normalized spacial score (nSPS) is 16.9. The average Bonchev–Trinajstić information content (AvgIpc) is 2.79. The monoisotopic (exact) mass is 431 g/mol. The molecule has 6 nitrogen and oxygen atoms in total. The molecule has 0 bridgehead atoms. The Kier molecular flexibility index (Phi) is 7.28. The van der Waals surface area contributed by atoms with Crippen LogP contribution in [-0.2, 0) is 21.2 Å². The number of rotatable bonds is 8. The lowest BCUT2D eigenvalue weighted by atomic mass is 9.75. The van der Waals surface area contributed by atoms with Gasteiger partial charge in [0, 0.05) is 19.7 Å². The van der Waals surface area contributed by atoms with Crippen molar-refractivity contribution in [1.29, 1.82) is 0 Å². The Bertz CT molecular complexity index is 951. The molecule has 1 saturated heterocycles. The molecule has 7 heteroatoms. The maximum Gasteiger partial charge on any atom is 0.339 e. The molecule has 2 aromatic rings. The second-order valence-electron chi connectivity index (χ2n) is 7.89. The Hall–Kier alpha value is -2.22. The number of nitrogens with zero attached hydrogens (tertiary/aromatic N) is 1. The van der Waals surface area contributed by atoms with E-state index < -0.39 is 16.0 Å². The van der Waals surface area contributed by atoms with Gasteiger partial charge in [-0.05, 0) is 55.2 Å². The molecule has 1 aliphatic heterocycles. The van der Waals surface area contributed by atoms with Crippen molar-refractivity contribution in [1.82, 2.24) is 4.31 Å². The van der Waals surface area contributed by atoms with Crippen LogP contribution >= 0.6 is 0 Å². The summed E-state index contributed by atoms with van der Waals surface area (Å²) in [5.41, 5.74) is 1.05. The van der Waals surface area contributed by atoms with Crippen molar-refractivity contribution in [3.05, 3.63) is 65.7 Å². The van der Waals surface area contributed by atoms with Crippen LogP contribution in [0.1, 0.15) is 41.6 Å². The maximum atomic E-state index is 13.2. The van der Waals surface area contributed by atoms with E-state index in [1.165, 1.54) is 29.1 Å². The first-order chi connectivity index (χ1) is 14.4. The Labute approximate surface area is 178 Å². The van der Waals surface area contributed by atoms with E-state index in [0.29, 0.717) is 25.9 Å². The van der Waals surface area contributed by atoms with Crippen LogP contribution in [0.2, 0.25) is 0 Å². The summed E-state index contributed by atoms with van der Waals surface area (Å²) in [6, 6.07) is 16.3. The van der Waals surface area contributed by atoms with Crippen LogP contribution in [0.4, 0.5) is 0 Å². The van der Waals surface area contributed by atoms with E-state index in [1.807, 2.05) is 18.2 Å². The van der Waals surface area contributed by atoms with Crippen molar-refractivity contribution in [3.63, 3.8) is 0 Å². The van der Waals surface area contributed by atoms with Crippen LogP contribution in [0.25, 0.3) is 0 Å². The molecule has 0 saturated carbocycles. The molecule has 1 fully saturated rings. The summed E-state index contributed by atoms with van der Waals surface area (Å²) < 4.78 is 32.5. The number of ether oxygens (including phenoxy) is 1. The number of hydrogen-bond acceptors (Lipinski definition) is 5. The highest BCUT2D eigenvalue weighted by molar-refractivity contribution is 7.89. The second kappa shape index (κ2) is 9.73. The Morgan fingerprint density at radius 2 is 1.70 bits per heavy atom. The molecule has 1 heterocycles. The van der Waals surface area contributed by atoms with Crippen LogP contribution in [0.15, 0.2) is 59.5 Å². The molecule has 0 spiro atoms. The van der Waals surface area contributed by atoms with E-state index in [2.05, 4.69) is 12.1 Å². The van der Waals surface area contributed by atoms with Gasteiger partial charge in [0.15, 0.2) is 0 Å².